The summed E-state index contributed by atoms with van der Waals surface area (Å²) in [5, 5.41) is 7.09. The minimum Gasteiger partial charge on any atom is -0.386 e. The molecule has 0 fully saturated rings. The van der Waals surface area contributed by atoms with Gasteiger partial charge in [0.05, 0.1) is 6.04 Å². The van der Waals surface area contributed by atoms with Crippen molar-refractivity contribution in [2.24, 2.45) is 11.5 Å². The minimum absolute atomic E-state index is 0.00352. The van der Waals surface area contributed by atoms with E-state index < -0.39 is 6.04 Å². The fraction of sp³-hybridized carbons (Fsp3) is 0.125. The number of nitrogens with one attached hydrogen (secondary N) is 1. The number of rotatable bonds is 2. The normalized spacial score (nSPS) is 12.5. The van der Waals surface area contributed by atoms with Crippen LogP contribution in [0.5, 0.6) is 0 Å². The van der Waals surface area contributed by atoms with Crippen molar-refractivity contribution < 1.29 is 0 Å². The predicted octanol–water partition coefficient (Wildman–Crippen LogP) is 0.622. The van der Waals surface area contributed by atoms with E-state index in [0.717, 1.165) is 5.56 Å². The van der Waals surface area contributed by atoms with Crippen LogP contribution in [0, 0.1) is 5.41 Å². The topological polar surface area (TPSA) is 75.9 Å². The Morgan fingerprint density at radius 2 is 1.82 bits per heavy atom. The van der Waals surface area contributed by atoms with Crippen molar-refractivity contribution in [2.45, 2.75) is 6.04 Å². The molecule has 11 heavy (non-hydrogen) atoms. The Bertz CT molecular complexity index is 243. The highest BCUT2D eigenvalue weighted by molar-refractivity contribution is 5.83. The Morgan fingerprint density at radius 3 is 2.27 bits per heavy atom. The Kier molecular flexibility index (Phi) is 2.23. The van der Waals surface area contributed by atoms with Gasteiger partial charge in [0.2, 0.25) is 0 Å². The molecule has 58 valence electrons. The molecule has 0 aromatic heterocycles. The van der Waals surface area contributed by atoms with Gasteiger partial charge in [-0.15, -0.1) is 0 Å². The number of nitrogens with two attached hydrogens (primary N) is 2. The Labute approximate surface area is 65.5 Å². The van der Waals surface area contributed by atoms with Crippen LogP contribution in [0.4, 0.5) is 0 Å². The Hall–Kier alpha value is -1.35. The van der Waals surface area contributed by atoms with E-state index in [-0.39, 0.29) is 5.84 Å². The number of benzene rings is 1. The predicted molar refractivity (Wildman–Crippen MR) is 45.3 cm³/mol. The molecular weight excluding hydrogens is 138 g/mol. The van der Waals surface area contributed by atoms with Gasteiger partial charge < -0.3 is 11.5 Å². The average Bonchev–Trinajstić information content (AvgIpc) is 2.05. The second-order valence-electron chi connectivity index (χ2n) is 2.34. The van der Waals surface area contributed by atoms with Crippen molar-refractivity contribution >= 4 is 5.84 Å². The van der Waals surface area contributed by atoms with E-state index in [4.69, 9.17) is 16.9 Å². The summed E-state index contributed by atoms with van der Waals surface area (Å²) in [5.74, 6) is -0.00352. The first kappa shape index (κ1) is 7.75. The molecule has 3 heteroatoms. The summed E-state index contributed by atoms with van der Waals surface area (Å²) in [6.45, 7) is 0. The van der Waals surface area contributed by atoms with E-state index in [1.165, 1.54) is 0 Å². The molecule has 0 saturated carbocycles. The van der Waals surface area contributed by atoms with Gasteiger partial charge in [0, 0.05) is 0 Å². The van der Waals surface area contributed by atoms with Crippen molar-refractivity contribution in [3.8, 4) is 0 Å². The molecule has 1 aromatic rings. The summed E-state index contributed by atoms with van der Waals surface area (Å²) in [5.41, 5.74) is 11.7. The lowest BCUT2D eigenvalue weighted by Crippen LogP contribution is -2.27. The summed E-state index contributed by atoms with van der Waals surface area (Å²) in [6.07, 6.45) is 0. The standard InChI is InChI=1S/C8H11N3/c9-7(8(10)11)6-4-2-1-3-5-6/h1-5,7H,9H2,(H3,10,11). The molecule has 5 N–H and O–H groups in total. The van der Waals surface area contributed by atoms with Gasteiger partial charge in [0.25, 0.3) is 0 Å². The third-order valence-electron chi connectivity index (χ3n) is 1.49. The van der Waals surface area contributed by atoms with E-state index in [1.54, 1.807) is 0 Å². The molecule has 1 unspecified atom stereocenters. The van der Waals surface area contributed by atoms with Crippen molar-refractivity contribution in [1.29, 1.82) is 5.41 Å². The molecule has 0 radical (unpaired) electrons. The molecule has 1 atom stereocenters. The van der Waals surface area contributed by atoms with Crippen LogP contribution >= 0.6 is 0 Å². The zero-order valence-electron chi connectivity index (χ0n) is 6.12. The maximum Gasteiger partial charge on any atom is 0.112 e. The number of amidine groups is 1. The second-order valence-corrected chi connectivity index (χ2v) is 2.34. The van der Waals surface area contributed by atoms with Crippen LogP contribution in [0.1, 0.15) is 11.6 Å². The maximum absolute atomic E-state index is 7.09. The van der Waals surface area contributed by atoms with Gasteiger partial charge >= 0.3 is 0 Å². The minimum atomic E-state index is -0.462. The monoisotopic (exact) mass is 149 g/mol. The first-order valence-electron chi connectivity index (χ1n) is 3.36. The second kappa shape index (κ2) is 3.16. The smallest absolute Gasteiger partial charge is 0.112 e. The molecule has 0 amide bonds. The van der Waals surface area contributed by atoms with Crippen LogP contribution in [0.3, 0.4) is 0 Å². The fourth-order valence-corrected chi connectivity index (χ4v) is 0.840. The van der Waals surface area contributed by atoms with Crippen molar-refractivity contribution in [2.75, 3.05) is 0 Å². The lowest BCUT2D eigenvalue weighted by Gasteiger charge is -2.08. The van der Waals surface area contributed by atoms with Crippen LogP contribution in [0.25, 0.3) is 0 Å². The third kappa shape index (κ3) is 1.78. The molecule has 0 aliphatic heterocycles. The highest BCUT2D eigenvalue weighted by Crippen LogP contribution is 2.07. The highest BCUT2D eigenvalue weighted by Gasteiger charge is 2.06. The molecule has 0 aliphatic carbocycles. The van der Waals surface area contributed by atoms with Gasteiger partial charge in [0.15, 0.2) is 0 Å². The van der Waals surface area contributed by atoms with Gasteiger partial charge in [-0.25, -0.2) is 0 Å². The molecule has 1 aromatic carbocycles. The summed E-state index contributed by atoms with van der Waals surface area (Å²) < 4.78 is 0. The molecule has 0 saturated heterocycles. The Balaban J connectivity index is 2.85. The van der Waals surface area contributed by atoms with Crippen molar-refractivity contribution in [3.63, 3.8) is 0 Å². The quantitative estimate of drug-likeness (QED) is 0.426. The maximum atomic E-state index is 7.09. The molecular formula is C8H11N3. The SMILES string of the molecule is N=C(N)C(N)c1ccccc1. The fourth-order valence-electron chi connectivity index (χ4n) is 0.840. The van der Waals surface area contributed by atoms with E-state index >= 15 is 0 Å². The summed E-state index contributed by atoms with van der Waals surface area (Å²) >= 11 is 0. The molecule has 0 aliphatic rings. The van der Waals surface area contributed by atoms with E-state index in [0.29, 0.717) is 0 Å². The molecule has 0 bridgehead atoms. The van der Waals surface area contributed by atoms with Crippen LogP contribution in [-0.2, 0) is 0 Å². The van der Waals surface area contributed by atoms with Gasteiger partial charge in [-0.05, 0) is 5.56 Å². The zero-order chi connectivity index (χ0) is 8.27. The van der Waals surface area contributed by atoms with Gasteiger partial charge in [-0.2, -0.15) is 0 Å². The van der Waals surface area contributed by atoms with Crippen LogP contribution < -0.4 is 11.5 Å². The van der Waals surface area contributed by atoms with Crippen LogP contribution in [0.15, 0.2) is 30.3 Å². The van der Waals surface area contributed by atoms with Gasteiger partial charge in [-0.3, -0.25) is 5.41 Å². The molecule has 3 nitrogen and oxygen atoms in total. The average molecular weight is 149 g/mol. The van der Waals surface area contributed by atoms with E-state index in [1.807, 2.05) is 30.3 Å². The summed E-state index contributed by atoms with van der Waals surface area (Å²) in [7, 11) is 0. The Morgan fingerprint density at radius 1 is 1.27 bits per heavy atom. The van der Waals surface area contributed by atoms with Crippen molar-refractivity contribution in [3.05, 3.63) is 35.9 Å². The molecule has 0 spiro atoms. The lowest BCUT2D eigenvalue weighted by molar-refractivity contribution is 0.938. The first-order chi connectivity index (χ1) is 5.22. The van der Waals surface area contributed by atoms with E-state index in [2.05, 4.69) is 0 Å². The van der Waals surface area contributed by atoms with Crippen LogP contribution in [0.2, 0.25) is 0 Å². The largest absolute Gasteiger partial charge is 0.386 e. The zero-order valence-corrected chi connectivity index (χ0v) is 6.12. The van der Waals surface area contributed by atoms with Gasteiger partial charge in [0.1, 0.15) is 5.84 Å². The van der Waals surface area contributed by atoms with Gasteiger partial charge in [-0.1, -0.05) is 30.3 Å². The number of hydrogen-bond acceptors (Lipinski definition) is 2. The summed E-state index contributed by atoms with van der Waals surface area (Å²) in [4.78, 5) is 0. The van der Waals surface area contributed by atoms with E-state index in [9.17, 15) is 0 Å². The van der Waals surface area contributed by atoms with Crippen LogP contribution in [-0.4, -0.2) is 5.84 Å². The highest BCUT2D eigenvalue weighted by atomic mass is 14.8. The first-order valence-corrected chi connectivity index (χ1v) is 3.36. The van der Waals surface area contributed by atoms with Crippen molar-refractivity contribution in [1.82, 2.24) is 0 Å². The molecule has 1 rings (SSSR count). The summed E-state index contributed by atoms with van der Waals surface area (Å²) in [6, 6.07) is 8.89. The molecule has 0 heterocycles. The lowest BCUT2D eigenvalue weighted by atomic mass is 10.1. The number of hydrogen-bond donors (Lipinski definition) is 3. The third-order valence-corrected chi connectivity index (χ3v) is 1.49.